The summed E-state index contributed by atoms with van der Waals surface area (Å²) in [5.41, 5.74) is 6.08. The van der Waals surface area contributed by atoms with Gasteiger partial charge < -0.3 is 10.6 Å². The van der Waals surface area contributed by atoms with Gasteiger partial charge in [0.2, 0.25) is 0 Å². The topological polar surface area (TPSA) is 54.5 Å². The van der Waals surface area contributed by atoms with Crippen LogP contribution in [0.2, 0.25) is 0 Å². The van der Waals surface area contributed by atoms with Crippen LogP contribution in [0.3, 0.4) is 0 Å². The molecule has 0 fully saturated rings. The van der Waals surface area contributed by atoms with Crippen LogP contribution in [0.1, 0.15) is 19.5 Å². The van der Waals surface area contributed by atoms with E-state index in [1.807, 2.05) is 18.7 Å². The Morgan fingerprint density at radius 2 is 2.19 bits per heavy atom. The molecule has 0 aliphatic heterocycles. The van der Waals surface area contributed by atoms with Crippen LogP contribution in [0.15, 0.2) is 23.3 Å². The Labute approximate surface area is 95.0 Å². The molecule has 1 heterocycles. The van der Waals surface area contributed by atoms with Crippen molar-refractivity contribution in [1.82, 2.24) is 9.88 Å². The number of aliphatic imine (C=N–C) groups is 1. The molecule has 0 radical (unpaired) electrons. The predicted molar refractivity (Wildman–Crippen MR) is 62.4 cm³/mol. The number of nitrogens with zero attached hydrogens (tertiary/aromatic N) is 3. The summed E-state index contributed by atoms with van der Waals surface area (Å²) in [6.07, 6.45) is 1.54. The lowest BCUT2D eigenvalue weighted by atomic mass is 10.3. The Morgan fingerprint density at radius 3 is 2.75 bits per heavy atom. The lowest BCUT2D eigenvalue weighted by molar-refractivity contribution is 0.457. The number of halogens is 1. The largest absolute Gasteiger partial charge is 0.370 e. The third-order valence-corrected chi connectivity index (χ3v) is 2.31. The van der Waals surface area contributed by atoms with Gasteiger partial charge in [-0.05, 0) is 26.0 Å². The second kappa shape index (κ2) is 6.05. The van der Waals surface area contributed by atoms with Crippen molar-refractivity contribution in [2.45, 2.75) is 20.4 Å². The highest BCUT2D eigenvalue weighted by Crippen LogP contribution is 2.03. The molecule has 2 N–H and O–H groups in total. The molecular weight excluding hydrogens is 207 g/mol. The zero-order valence-corrected chi connectivity index (χ0v) is 9.65. The first kappa shape index (κ1) is 12.4. The maximum absolute atomic E-state index is 13.2. The normalized spacial score (nSPS) is 11.6. The average molecular weight is 224 g/mol. The molecule has 1 rings (SSSR count). The molecule has 1 aromatic rings. The third kappa shape index (κ3) is 3.18. The minimum absolute atomic E-state index is 0.176. The Morgan fingerprint density at radius 1 is 1.50 bits per heavy atom. The van der Waals surface area contributed by atoms with E-state index in [2.05, 4.69) is 9.98 Å². The van der Waals surface area contributed by atoms with E-state index in [1.165, 1.54) is 6.07 Å². The van der Waals surface area contributed by atoms with E-state index in [4.69, 9.17) is 5.73 Å². The standard InChI is InChI=1S/C11H17FN4/c1-3-16(4-2)11(13)15-8-10-9(12)6-5-7-14-10/h5-7H,3-4,8H2,1-2H3,(H2,13,15). The summed E-state index contributed by atoms with van der Waals surface area (Å²) in [5, 5.41) is 0. The number of guanidine groups is 1. The molecule has 0 amide bonds. The maximum Gasteiger partial charge on any atom is 0.191 e. The van der Waals surface area contributed by atoms with E-state index in [9.17, 15) is 4.39 Å². The lowest BCUT2D eigenvalue weighted by Crippen LogP contribution is -2.37. The van der Waals surface area contributed by atoms with Crippen LogP contribution in [0.5, 0.6) is 0 Å². The number of rotatable bonds is 4. The minimum atomic E-state index is -0.349. The molecule has 0 saturated carbocycles. The summed E-state index contributed by atoms with van der Waals surface area (Å²) in [5.74, 6) is 0.0775. The quantitative estimate of drug-likeness (QED) is 0.621. The number of hydrogen-bond acceptors (Lipinski definition) is 2. The molecule has 0 atom stereocenters. The fourth-order valence-electron chi connectivity index (χ4n) is 1.34. The SMILES string of the molecule is CCN(CC)C(N)=NCc1ncccc1F. The van der Waals surface area contributed by atoms with Crippen molar-refractivity contribution in [1.29, 1.82) is 0 Å². The molecule has 0 unspecified atom stereocenters. The van der Waals surface area contributed by atoms with Crippen molar-refractivity contribution in [3.63, 3.8) is 0 Å². The molecule has 88 valence electrons. The smallest absolute Gasteiger partial charge is 0.191 e. The van der Waals surface area contributed by atoms with Gasteiger partial charge in [-0.1, -0.05) is 0 Å². The van der Waals surface area contributed by atoms with Crippen LogP contribution >= 0.6 is 0 Å². The van der Waals surface area contributed by atoms with E-state index in [0.717, 1.165) is 13.1 Å². The average Bonchev–Trinajstić information content (AvgIpc) is 2.29. The van der Waals surface area contributed by atoms with Crippen LogP contribution < -0.4 is 5.73 Å². The molecule has 0 saturated heterocycles. The van der Waals surface area contributed by atoms with Crippen LogP contribution in [-0.4, -0.2) is 28.9 Å². The highest BCUT2D eigenvalue weighted by molar-refractivity contribution is 5.77. The molecule has 0 aliphatic carbocycles. The molecular formula is C11H17FN4. The van der Waals surface area contributed by atoms with Gasteiger partial charge in [0.15, 0.2) is 5.96 Å². The van der Waals surface area contributed by atoms with E-state index < -0.39 is 0 Å². The van der Waals surface area contributed by atoms with Gasteiger partial charge >= 0.3 is 0 Å². The Balaban J connectivity index is 2.69. The first-order chi connectivity index (χ1) is 7.69. The van der Waals surface area contributed by atoms with E-state index in [1.54, 1.807) is 12.3 Å². The molecule has 16 heavy (non-hydrogen) atoms. The zero-order chi connectivity index (χ0) is 12.0. The zero-order valence-electron chi connectivity index (χ0n) is 9.65. The summed E-state index contributed by atoms with van der Waals surface area (Å²) in [6, 6.07) is 2.92. The van der Waals surface area contributed by atoms with Gasteiger partial charge in [0.05, 0.1) is 12.2 Å². The number of hydrogen-bond donors (Lipinski definition) is 1. The molecule has 0 bridgehead atoms. The first-order valence-electron chi connectivity index (χ1n) is 5.33. The van der Waals surface area contributed by atoms with Crippen molar-refractivity contribution in [3.8, 4) is 0 Å². The molecule has 4 nitrogen and oxygen atoms in total. The van der Waals surface area contributed by atoms with Crippen LogP contribution in [-0.2, 0) is 6.54 Å². The Kier molecular flexibility index (Phi) is 4.69. The summed E-state index contributed by atoms with van der Waals surface area (Å²) in [4.78, 5) is 9.92. The van der Waals surface area contributed by atoms with E-state index in [0.29, 0.717) is 11.7 Å². The van der Waals surface area contributed by atoms with E-state index in [-0.39, 0.29) is 12.4 Å². The summed E-state index contributed by atoms with van der Waals surface area (Å²) >= 11 is 0. The fourth-order valence-corrected chi connectivity index (χ4v) is 1.34. The van der Waals surface area contributed by atoms with Crippen molar-refractivity contribution in [3.05, 3.63) is 29.8 Å². The Bertz CT molecular complexity index is 361. The van der Waals surface area contributed by atoms with Gasteiger partial charge in [-0.25, -0.2) is 9.38 Å². The second-order valence-electron chi connectivity index (χ2n) is 3.28. The van der Waals surface area contributed by atoms with Gasteiger partial charge in [-0.3, -0.25) is 4.98 Å². The third-order valence-electron chi connectivity index (χ3n) is 2.31. The lowest BCUT2D eigenvalue weighted by Gasteiger charge is -2.19. The number of pyridine rings is 1. The molecule has 5 heteroatoms. The van der Waals surface area contributed by atoms with Crippen molar-refractivity contribution in [2.75, 3.05) is 13.1 Å². The summed E-state index contributed by atoms with van der Waals surface area (Å²) in [6.45, 7) is 5.74. The number of aromatic nitrogens is 1. The van der Waals surface area contributed by atoms with Crippen LogP contribution in [0.4, 0.5) is 4.39 Å². The van der Waals surface area contributed by atoms with Gasteiger partial charge in [0.1, 0.15) is 5.82 Å². The Hall–Kier alpha value is -1.65. The van der Waals surface area contributed by atoms with Crippen LogP contribution in [0.25, 0.3) is 0 Å². The first-order valence-corrected chi connectivity index (χ1v) is 5.33. The number of nitrogens with two attached hydrogens (primary N) is 1. The second-order valence-corrected chi connectivity index (χ2v) is 3.28. The summed E-state index contributed by atoms with van der Waals surface area (Å²) in [7, 11) is 0. The molecule has 0 aliphatic rings. The van der Waals surface area contributed by atoms with Crippen molar-refractivity contribution < 1.29 is 4.39 Å². The highest BCUT2D eigenvalue weighted by atomic mass is 19.1. The molecule has 0 aromatic carbocycles. The van der Waals surface area contributed by atoms with Gasteiger partial charge in [-0.2, -0.15) is 0 Å². The van der Waals surface area contributed by atoms with Crippen molar-refractivity contribution >= 4 is 5.96 Å². The highest BCUT2D eigenvalue weighted by Gasteiger charge is 2.04. The van der Waals surface area contributed by atoms with Crippen LogP contribution in [0, 0.1) is 5.82 Å². The minimum Gasteiger partial charge on any atom is -0.370 e. The monoisotopic (exact) mass is 224 g/mol. The van der Waals surface area contributed by atoms with E-state index >= 15 is 0 Å². The van der Waals surface area contributed by atoms with Crippen molar-refractivity contribution in [2.24, 2.45) is 10.7 Å². The predicted octanol–water partition coefficient (Wildman–Crippen LogP) is 1.38. The maximum atomic E-state index is 13.2. The van der Waals surface area contributed by atoms with Gasteiger partial charge in [0.25, 0.3) is 0 Å². The van der Waals surface area contributed by atoms with Gasteiger partial charge in [-0.15, -0.1) is 0 Å². The molecule has 1 aromatic heterocycles. The fraction of sp³-hybridized carbons (Fsp3) is 0.455. The van der Waals surface area contributed by atoms with Gasteiger partial charge in [0, 0.05) is 19.3 Å². The molecule has 0 spiro atoms. The summed E-state index contributed by atoms with van der Waals surface area (Å²) < 4.78 is 13.2.